The van der Waals surface area contributed by atoms with Crippen LogP contribution in [-0.4, -0.2) is 50.2 Å². The van der Waals surface area contributed by atoms with Gasteiger partial charge in [-0.2, -0.15) is 0 Å². The highest BCUT2D eigenvalue weighted by molar-refractivity contribution is 6.80. The van der Waals surface area contributed by atoms with E-state index in [9.17, 15) is 14.7 Å². The summed E-state index contributed by atoms with van der Waals surface area (Å²) in [6.45, 7) is 25.3. The molecule has 0 aromatic heterocycles. The second-order valence-electron chi connectivity index (χ2n) is 11.2. The fraction of sp³-hybridized carbons (Fsp3) is 0.900. The van der Waals surface area contributed by atoms with Gasteiger partial charge in [-0.1, -0.05) is 54.6 Å². The summed E-state index contributed by atoms with van der Waals surface area (Å²) in [6, 6.07) is -0.296. The molecule has 1 saturated heterocycles. The third-order valence-electron chi connectivity index (χ3n) is 7.32. The molecule has 27 heavy (non-hydrogen) atoms. The summed E-state index contributed by atoms with van der Waals surface area (Å²) in [5.74, 6) is -1.75. The van der Waals surface area contributed by atoms with Crippen molar-refractivity contribution < 1.29 is 19.1 Å². The minimum atomic E-state index is -2.16. The molecule has 1 amide bonds. The Morgan fingerprint density at radius 1 is 1.04 bits per heavy atom. The van der Waals surface area contributed by atoms with Gasteiger partial charge in [0.05, 0.1) is 24.0 Å². The Hall–Kier alpha value is -0.666. The van der Waals surface area contributed by atoms with Crippen molar-refractivity contribution in [2.45, 2.75) is 104 Å². The Morgan fingerprint density at radius 3 is 1.81 bits per heavy atom. The summed E-state index contributed by atoms with van der Waals surface area (Å²) in [6.07, 6.45) is -0.272. The Labute approximate surface area is 168 Å². The normalized spacial score (nSPS) is 24.4. The van der Waals surface area contributed by atoms with Gasteiger partial charge in [0.2, 0.25) is 5.91 Å². The van der Waals surface area contributed by atoms with Crippen molar-refractivity contribution in [2.75, 3.05) is 0 Å². The molecule has 0 bridgehead atoms. The molecule has 1 rings (SSSR count). The Kier molecular flexibility index (Phi) is 6.59. The summed E-state index contributed by atoms with van der Waals surface area (Å²) in [5.41, 5.74) is 0. The zero-order valence-corrected chi connectivity index (χ0v) is 21.4. The highest BCUT2D eigenvalue weighted by atomic mass is 28.4. The van der Waals surface area contributed by atoms with Crippen LogP contribution in [0.25, 0.3) is 0 Å². The molecule has 1 heterocycles. The van der Waals surface area contributed by atoms with Crippen molar-refractivity contribution in [1.29, 1.82) is 0 Å². The van der Waals surface area contributed by atoms with Crippen LogP contribution in [0.15, 0.2) is 0 Å². The van der Waals surface area contributed by atoms with E-state index in [4.69, 9.17) is 4.43 Å². The molecule has 0 aromatic rings. The van der Waals surface area contributed by atoms with Crippen molar-refractivity contribution in [1.82, 2.24) is 4.57 Å². The van der Waals surface area contributed by atoms with Crippen LogP contribution in [0.1, 0.15) is 55.4 Å². The second kappa shape index (κ2) is 7.30. The first-order valence-corrected chi connectivity index (χ1v) is 15.9. The van der Waals surface area contributed by atoms with Crippen LogP contribution in [0.4, 0.5) is 0 Å². The number of carbonyl (C=O) groups is 2. The van der Waals surface area contributed by atoms with Crippen molar-refractivity contribution in [3.8, 4) is 0 Å². The summed E-state index contributed by atoms with van der Waals surface area (Å²) in [5, 5.41) is 9.71. The molecular weight excluding hydrogens is 374 g/mol. The Balaban J connectivity index is 3.25. The second-order valence-corrected chi connectivity index (χ2v) is 21.1. The van der Waals surface area contributed by atoms with Gasteiger partial charge < -0.3 is 14.1 Å². The molecule has 0 radical (unpaired) electrons. The lowest BCUT2D eigenvalue weighted by Gasteiger charge is -2.61. The highest BCUT2D eigenvalue weighted by Crippen LogP contribution is 2.48. The third-order valence-corrected chi connectivity index (χ3v) is 17.3. The van der Waals surface area contributed by atoms with E-state index < -0.39 is 28.4 Å². The maximum atomic E-state index is 13.3. The molecular formula is C20H41NO4Si2. The minimum Gasteiger partial charge on any atom is -0.481 e. The van der Waals surface area contributed by atoms with Gasteiger partial charge in [-0.25, -0.2) is 0 Å². The van der Waals surface area contributed by atoms with Gasteiger partial charge in [0, 0.05) is 0 Å². The van der Waals surface area contributed by atoms with Crippen LogP contribution < -0.4 is 0 Å². The molecule has 1 fully saturated rings. The molecule has 0 saturated carbocycles. The predicted octanol–water partition coefficient (Wildman–Crippen LogP) is 4.95. The molecule has 5 nitrogen and oxygen atoms in total. The molecule has 7 heteroatoms. The van der Waals surface area contributed by atoms with Gasteiger partial charge in [0.1, 0.15) is 0 Å². The van der Waals surface area contributed by atoms with Gasteiger partial charge >= 0.3 is 5.97 Å². The van der Waals surface area contributed by atoms with Gasteiger partial charge in [0.15, 0.2) is 16.6 Å². The van der Waals surface area contributed by atoms with E-state index in [1.54, 1.807) is 6.92 Å². The number of β-lactam (4-membered cyclic amide) rings is 1. The average molecular weight is 416 g/mol. The first-order chi connectivity index (χ1) is 11.8. The first kappa shape index (κ1) is 24.4. The largest absolute Gasteiger partial charge is 0.481 e. The smallest absolute Gasteiger partial charge is 0.308 e. The van der Waals surface area contributed by atoms with Gasteiger partial charge in [-0.3, -0.25) is 9.59 Å². The molecule has 4 atom stereocenters. The molecule has 158 valence electrons. The predicted molar refractivity (Wildman–Crippen MR) is 116 cm³/mol. The van der Waals surface area contributed by atoms with Gasteiger partial charge in [-0.05, 0) is 37.0 Å². The van der Waals surface area contributed by atoms with Crippen LogP contribution >= 0.6 is 0 Å². The van der Waals surface area contributed by atoms with Crippen LogP contribution in [0.5, 0.6) is 0 Å². The number of carboxylic acids is 1. The van der Waals surface area contributed by atoms with Crippen molar-refractivity contribution in [3.05, 3.63) is 0 Å². The average Bonchev–Trinajstić information content (AvgIpc) is 2.40. The Bertz CT molecular complexity index is 590. The number of aliphatic carboxylic acids is 1. The lowest BCUT2D eigenvalue weighted by Crippen LogP contribution is -2.77. The van der Waals surface area contributed by atoms with Crippen molar-refractivity contribution in [2.24, 2.45) is 11.8 Å². The van der Waals surface area contributed by atoms with Crippen molar-refractivity contribution >= 4 is 28.4 Å². The minimum absolute atomic E-state index is 0.0341. The SMILES string of the molecule is C[C@@H](O[Si](C)(C)C(C)(C)C)[C@@H]1C(=O)N([Si](C)(C)C(C)(C)C)[C@@H]1[C@@H](C)C(=O)O. The zero-order chi connectivity index (χ0) is 21.7. The molecule has 1 N–H and O–H groups in total. The van der Waals surface area contributed by atoms with E-state index in [0.29, 0.717) is 0 Å². The number of hydrogen-bond donors (Lipinski definition) is 1. The number of carboxylic acid groups (broad SMARTS) is 1. The number of amides is 1. The molecule has 0 spiro atoms. The van der Waals surface area contributed by atoms with E-state index >= 15 is 0 Å². The van der Waals surface area contributed by atoms with E-state index in [0.717, 1.165) is 0 Å². The molecule has 0 unspecified atom stereocenters. The summed E-state index contributed by atoms with van der Waals surface area (Å²) < 4.78 is 8.44. The van der Waals surface area contributed by atoms with E-state index in [2.05, 4.69) is 67.7 Å². The monoisotopic (exact) mass is 415 g/mol. The molecule has 1 aliphatic heterocycles. The van der Waals surface area contributed by atoms with E-state index in [1.807, 2.05) is 11.5 Å². The summed E-state index contributed by atoms with van der Waals surface area (Å²) in [4.78, 5) is 25.1. The summed E-state index contributed by atoms with van der Waals surface area (Å²) >= 11 is 0. The third kappa shape index (κ3) is 4.35. The number of rotatable bonds is 6. The molecule has 0 aromatic carbocycles. The van der Waals surface area contributed by atoms with Gasteiger partial charge in [-0.15, -0.1) is 0 Å². The van der Waals surface area contributed by atoms with Crippen LogP contribution in [-0.2, 0) is 14.0 Å². The van der Waals surface area contributed by atoms with E-state index in [1.165, 1.54) is 0 Å². The maximum absolute atomic E-state index is 13.3. The quantitative estimate of drug-likeness (QED) is 0.492. The number of carbonyl (C=O) groups excluding carboxylic acids is 1. The molecule has 1 aliphatic rings. The van der Waals surface area contributed by atoms with Gasteiger partial charge in [0.25, 0.3) is 0 Å². The van der Waals surface area contributed by atoms with Crippen LogP contribution in [0.3, 0.4) is 0 Å². The molecule has 0 aliphatic carbocycles. The number of hydrogen-bond acceptors (Lipinski definition) is 3. The zero-order valence-electron chi connectivity index (χ0n) is 19.4. The fourth-order valence-electron chi connectivity index (χ4n) is 3.42. The van der Waals surface area contributed by atoms with Crippen molar-refractivity contribution in [3.63, 3.8) is 0 Å². The van der Waals surface area contributed by atoms with Crippen LogP contribution in [0, 0.1) is 11.8 Å². The Morgan fingerprint density at radius 2 is 1.48 bits per heavy atom. The topological polar surface area (TPSA) is 66.8 Å². The van der Waals surface area contributed by atoms with E-state index in [-0.39, 0.29) is 34.0 Å². The maximum Gasteiger partial charge on any atom is 0.308 e. The highest BCUT2D eigenvalue weighted by Gasteiger charge is 2.61. The summed E-state index contributed by atoms with van der Waals surface area (Å²) in [7, 11) is -4.21. The number of nitrogens with zero attached hydrogens (tertiary/aromatic N) is 1. The standard InChI is InChI=1S/C20H41NO4Si2/c1-13(18(23)24)16-15(14(2)25-27(11,12)20(6,7)8)17(22)21(16)26(9,10)19(3,4)5/h13-16H,1-12H3,(H,23,24)/t13-,14-,15+,16-/m1/s1. The lowest BCUT2D eigenvalue weighted by atomic mass is 9.79. The first-order valence-electron chi connectivity index (χ1n) is 10.0. The fourth-order valence-corrected chi connectivity index (χ4v) is 7.40. The lowest BCUT2D eigenvalue weighted by molar-refractivity contribution is -0.163. The van der Waals surface area contributed by atoms with Crippen LogP contribution in [0.2, 0.25) is 36.3 Å².